The van der Waals surface area contributed by atoms with Crippen LogP contribution < -0.4 is 10.6 Å². The lowest BCUT2D eigenvalue weighted by Crippen LogP contribution is -2.33. The standard InChI is InChI=1S/C14H22N2O2S/c1-18-11-10-15-8-9-16-14(17)7-12-19-13-5-3-2-4-6-13/h2-6,15H,7-12H2,1H3,(H,16,17). The van der Waals surface area contributed by atoms with Crippen molar-refractivity contribution in [1.29, 1.82) is 0 Å². The molecule has 0 radical (unpaired) electrons. The minimum absolute atomic E-state index is 0.108. The third-order valence-corrected chi connectivity index (χ3v) is 3.46. The van der Waals surface area contributed by atoms with Gasteiger partial charge < -0.3 is 15.4 Å². The van der Waals surface area contributed by atoms with E-state index in [9.17, 15) is 4.79 Å². The van der Waals surface area contributed by atoms with Crippen LogP contribution in [0.25, 0.3) is 0 Å². The van der Waals surface area contributed by atoms with Gasteiger partial charge in [-0.1, -0.05) is 18.2 Å². The van der Waals surface area contributed by atoms with Crippen molar-refractivity contribution in [3.63, 3.8) is 0 Å². The molecule has 0 fully saturated rings. The summed E-state index contributed by atoms with van der Waals surface area (Å²) in [4.78, 5) is 12.8. The highest BCUT2D eigenvalue weighted by Gasteiger charge is 2.00. The molecule has 0 heterocycles. The first-order valence-electron chi connectivity index (χ1n) is 6.47. The fourth-order valence-electron chi connectivity index (χ4n) is 1.46. The second-order valence-electron chi connectivity index (χ2n) is 4.00. The number of benzene rings is 1. The maximum Gasteiger partial charge on any atom is 0.220 e. The van der Waals surface area contributed by atoms with Crippen LogP contribution in [0.2, 0.25) is 0 Å². The van der Waals surface area contributed by atoms with E-state index in [2.05, 4.69) is 22.8 Å². The predicted molar refractivity (Wildman–Crippen MR) is 79.5 cm³/mol. The lowest BCUT2D eigenvalue weighted by molar-refractivity contribution is -0.120. The van der Waals surface area contributed by atoms with E-state index in [1.54, 1.807) is 18.9 Å². The Hall–Kier alpha value is -1.04. The molecule has 106 valence electrons. The Morgan fingerprint density at radius 3 is 2.74 bits per heavy atom. The van der Waals surface area contributed by atoms with Crippen LogP contribution in [0.3, 0.4) is 0 Å². The SMILES string of the molecule is COCCNCCNC(=O)CCSc1ccccc1. The highest BCUT2D eigenvalue weighted by Crippen LogP contribution is 2.17. The number of rotatable bonds is 10. The minimum atomic E-state index is 0.108. The maximum atomic E-state index is 11.5. The highest BCUT2D eigenvalue weighted by atomic mass is 32.2. The summed E-state index contributed by atoms with van der Waals surface area (Å²) < 4.78 is 4.91. The molecule has 0 aliphatic carbocycles. The quantitative estimate of drug-likeness (QED) is 0.505. The van der Waals surface area contributed by atoms with E-state index in [0.717, 1.165) is 18.8 Å². The van der Waals surface area contributed by atoms with Crippen molar-refractivity contribution in [3.05, 3.63) is 30.3 Å². The van der Waals surface area contributed by atoms with Gasteiger partial charge in [-0.25, -0.2) is 0 Å². The van der Waals surface area contributed by atoms with E-state index in [0.29, 0.717) is 19.6 Å². The molecule has 19 heavy (non-hydrogen) atoms. The Morgan fingerprint density at radius 2 is 2.00 bits per heavy atom. The first kappa shape index (κ1) is 16.0. The van der Waals surface area contributed by atoms with E-state index in [-0.39, 0.29) is 5.91 Å². The van der Waals surface area contributed by atoms with Gasteiger partial charge in [0.2, 0.25) is 5.91 Å². The summed E-state index contributed by atoms with van der Waals surface area (Å²) >= 11 is 1.71. The first-order valence-corrected chi connectivity index (χ1v) is 7.45. The Balaban J connectivity index is 1.96. The smallest absolute Gasteiger partial charge is 0.220 e. The van der Waals surface area contributed by atoms with E-state index < -0.39 is 0 Å². The first-order chi connectivity index (χ1) is 9.33. The molecule has 5 heteroatoms. The molecule has 0 spiro atoms. The van der Waals surface area contributed by atoms with Crippen molar-refractivity contribution in [2.24, 2.45) is 0 Å². The van der Waals surface area contributed by atoms with Crippen molar-refractivity contribution < 1.29 is 9.53 Å². The van der Waals surface area contributed by atoms with Crippen molar-refractivity contribution >= 4 is 17.7 Å². The monoisotopic (exact) mass is 282 g/mol. The second-order valence-corrected chi connectivity index (χ2v) is 5.17. The zero-order chi connectivity index (χ0) is 13.8. The van der Waals surface area contributed by atoms with E-state index in [1.165, 1.54) is 4.90 Å². The van der Waals surface area contributed by atoms with Crippen LogP contribution in [0, 0.1) is 0 Å². The number of nitrogens with one attached hydrogen (secondary N) is 2. The van der Waals surface area contributed by atoms with Crippen molar-refractivity contribution in [3.8, 4) is 0 Å². The molecule has 4 nitrogen and oxygen atoms in total. The topological polar surface area (TPSA) is 50.4 Å². The average molecular weight is 282 g/mol. The molecule has 0 unspecified atom stereocenters. The third-order valence-electron chi connectivity index (χ3n) is 2.45. The van der Waals surface area contributed by atoms with Gasteiger partial charge in [0.15, 0.2) is 0 Å². The summed E-state index contributed by atoms with van der Waals surface area (Å²) in [6.07, 6.45) is 0.553. The van der Waals surface area contributed by atoms with Crippen molar-refractivity contribution in [1.82, 2.24) is 10.6 Å². The number of carbonyl (C=O) groups is 1. The van der Waals surface area contributed by atoms with Crippen molar-refractivity contribution in [2.45, 2.75) is 11.3 Å². The van der Waals surface area contributed by atoms with Gasteiger partial charge in [-0.2, -0.15) is 0 Å². The molecule has 1 rings (SSSR count). The predicted octanol–water partition coefficient (Wildman–Crippen LogP) is 1.52. The number of ether oxygens (including phenoxy) is 1. The maximum absolute atomic E-state index is 11.5. The molecule has 0 aliphatic rings. The van der Waals surface area contributed by atoms with Gasteiger partial charge >= 0.3 is 0 Å². The third kappa shape index (κ3) is 8.64. The van der Waals surface area contributed by atoms with Crippen LogP contribution in [0.15, 0.2) is 35.2 Å². The fourth-order valence-corrected chi connectivity index (χ4v) is 2.33. The molecular formula is C14H22N2O2S. The summed E-state index contributed by atoms with van der Waals surface area (Å²) in [5.74, 6) is 0.921. The molecule has 0 aliphatic heterocycles. The Kier molecular flexibility index (Phi) is 9.14. The summed E-state index contributed by atoms with van der Waals surface area (Å²) in [7, 11) is 1.67. The summed E-state index contributed by atoms with van der Waals surface area (Å²) in [6, 6.07) is 10.1. The molecule has 0 bridgehead atoms. The summed E-state index contributed by atoms with van der Waals surface area (Å²) in [6.45, 7) is 2.96. The largest absolute Gasteiger partial charge is 0.383 e. The van der Waals surface area contributed by atoms with Crippen LogP contribution in [0.1, 0.15) is 6.42 Å². The number of carbonyl (C=O) groups excluding carboxylic acids is 1. The molecule has 1 aromatic rings. The van der Waals surface area contributed by atoms with Gasteiger partial charge in [0.25, 0.3) is 0 Å². The molecule has 2 N–H and O–H groups in total. The number of methoxy groups -OCH3 is 1. The van der Waals surface area contributed by atoms with Crippen LogP contribution in [-0.4, -0.2) is 45.0 Å². The van der Waals surface area contributed by atoms with E-state index in [4.69, 9.17) is 4.74 Å². The highest BCUT2D eigenvalue weighted by molar-refractivity contribution is 7.99. The minimum Gasteiger partial charge on any atom is -0.383 e. The molecular weight excluding hydrogens is 260 g/mol. The Labute approximate surface area is 119 Å². The van der Waals surface area contributed by atoms with Gasteiger partial charge in [0, 0.05) is 43.8 Å². The lowest BCUT2D eigenvalue weighted by Gasteiger charge is -2.06. The molecule has 1 aromatic carbocycles. The number of thioether (sulfide) groups is 1. The molecule has 0 atom stereocenters. The van der Waals surface area contributed by atoms with Crippen molar-refractivity contribution in [2.75, 3.05) is 39.1 Å². The lowest BCUT2D eigenvalue weighted by atomic mass is 10.4. The van der Waals surface area contributed by atoms with Crippen LogP contribution in [0.5, 0.6) is 0 Å². The van der Waals surface area contributed by atoms with Gasteiger partial charge in [-0.15, -0.1) is 11.8 Å². The Morgan fingerprint density at radius 1 is 1.21 bits per heavy atom. The molecule has 0 saturated heterocycles. The molecule has 0 saturated carbocycles. The van der Waals surface area contributed by atoms with Crippen LogP contribution >= 0.6 is 11.8 Å². The normalized spacial score (nSPS) is 10.4. The van der Waals surface area contributed by atoms with Gasteiger partial charge in [-0.3, -0.25) is 4.79 Å². The average Bonchev–Trinajstić information content (AvgIpc) is 2.44. The second kappa shape index (κ2) is 10.8. The van der Waals surface area contributed by atoms with E-state index >= 15 is 0 Å². The van der Waals surface area contributed by atoms with Gasteiger partial charge in [0.05, 0.1) is 6.61 Å². The van der Waals surface area contributed by atoms with Gasteiger partial charge in [0.1, 0.15) is 0 Å². The van der Waals surface area contributed by atoms with E-state index in [1.807, 2.05) is 18.2 Å². The number of hydrogen-bond donors (Lipinski definition) is 2. The fraction of sp³-hybridized carbons (Fsp3) is 0.500. The summed E-state index contributed by atoms with van der Waals surface area (Å²) in [5.41, 5.74) is 0. The zero-order valence-corrected chi connectivity index (χ0v) is 12.2. The zero-order valence-electron chi connectivity index (χ0n) is 11.4. The molecule has 1 amide bonds. The molecule has 0 aromatic heterocycles. The van der Waals surface area contributed by atoms with Crippen LogP contribution in [-0.2, 0) is 9.53 Å². The number of amides is 1. The van der Waals surface area contributed by atoms with Crippen LogP contribution in [0.4, 0.5) is 0 Å². The van der Waals surface area contributed by atoms with Gasteiger partial charge in [-0.05, 0) is 12.1 Å². The number of hydrogen-bond acceptors (Lipinski definition) is 4. The summed E-state index contributed by atoms with van der Waals surface area (Å²) in [5, 5.41) is 6.07. The Bertz CT molecular complexity index is 347.